The van der Waals surface area contributed by atoms with E-state index < -0.39 is 0 Å². The maximum Gasteiger partial charge on any atom is 0.0441 e. The molecule has 0 saturated carbocycles. The maximum atomic E-state index is 6.21. The summed E-state index contributed by atoms with van der Waals surface area (Å²) in [5.74, 6) is 0. The van der Waals surface area contributed by atoms with Gasteiger partial charge in [-0.2, -0.15) is 0 Å². The van der Waals surface area contributed by atoms with Gasteiger partial charge in [-0.1, -0.05) is 66.2 Å². The lowest BCUT2D eigenvalue weighted by atomic mass is 9.98. The van der Waals surface area contributed by atoms with E-state index in [2.05, 4.69) is 54.6 Å². The van der Waals surface area contributed by atoms with E-state index in [1.807, 2.05) is 13.0 Å². The first-order valence-corrected chi connectivity index (χ1v) is 6.38. The van der Waals surface area contributed by atoms with Gasteiger partial charge in [-0.25, -0.2) is 0 Å². The third-order valence-corrected chi connectivity index (χ3v) is 3.68. The van der Waals surface area contributed by atoms with Gasteiger partial charge in [0.2, 0.25) is 0 Å². The standard InChI is InChI=1S/C17H13Cl/c1-12-9-10-14(11-17(12)18)16-8-4-6-13-5-2-3-7-15(13)16/h2-11H,1H3. The van der Waals surface area contributed by atoms with E-state index in [0.29, 0.717) is 0 Å². The summed E-state index contributed by atoms with van der Waals surface area (Å²) in [5, 5.41) is 3.34. The fourth-order valence-corrected chi connectivity index (χ4v) is 2.42. The predicted molar refractivity (Wildman–Crippen MR) is 79.1 cm³/mol. The monoisotopic (exact) mass is 252 g/mol. The molecule has 0 spiro atoms. The molecule has 3 aromatic carbocycles. The molecule has 0 aliphatic heterocycles. The van der Waals surface area contributed by atoms with E-state index in [1.54, 1.807) is 0 Å². The molecule has 88 valence electrons. The lowest BCUT2D eigenvalue weighted by molar-refractivity contribution is 1.47. The molecule has 3 aromatic rings. The van der Waals surface area contributed by atoms with Gasteiger partial charge in [0.05, 0.1) is 0 Å². The molecule has 0 aliphatic carbocycles. The average molecular weight is 253 g/mol. The Morgan fingerprint density at radius 3 is 2.44 bits per heavy atom. The van der Waals surface area contributed by atoms with Crippen LogP contribution < -0.4 is 0 Å². The second-order valence-electron chi connectivity index (χ2n) is 4.49. The number of aryl methyl sites for hydroxylation is 1. The first-order chi connectivity index (χ1) is 8.75. The van der Waals surface area contributed by atoms with Crippen LogP contribution in [-0.2, 0) is 0 Å². The van der Waals surface area contributed by atoms with Gasteiger partial charge in [0, 0.05) is 5.02 Å². The van der Waals surface area contributed by atoms with Gasteiger partial charge >= 0.3 is 0 Å². The van der Waals surface area contributed by atoms with Crippen LogP contribution in [-0.4, -0.2) is 0 Å². The van der Waals surface area contributed by atoms with Crippen LogP contribution in [0.1, 0.15) is 5.56 Å². The van der Waals surface area contributed by atoms with Crippen LogP contribution in [0.4, 0.5) is 0 Å². The van der Waals surface area contributed by atoms with E-state index in [1.165, 1.54) is 21.9 Å². The molecule has 0 nitrogen and oxygen atoms in total. The van der Waals surface area contributed by atoms with Gasteiger partial charge in [-0.05, 0) is 40.5 Å². The van der Waals surface area contributed by atoms with Crippen molar-refractivity contribution in [2.45, 2.75) is 6.92 Å². The second kappa shape index (κ2) is 4.47. The minimum Gasteiger partial charge on any atom is -0.0840 e. The third kappa shape index (κ3) is 1.89. The number of halogens is 1. The molecule has 3 rings (SSSR count). The van der Waals surface area contributed by atoms with Crippen LogP contribution in [0.5, 0.6) is 0 Å². The number of hydrogen-bond donors (Lipinski definition) is 0. The van der Waals surface area contributed by atoms with Gasteiger partial charge in [0.25, 0.3) is 0 Å². The first kappa shape index (κ1) is 11.3. The number of rotatable bonds is 1. The second-order valence-corrected chi connectivity index (χ2v) is 4.90. The van der Waals surface area contributed by atoms with Crippen molar-refractivity contribution < 1.29 is 0 Å². The number of benzene rings is 3. The van der Waals surface area contributed by atoms with E-state index in [9.17, 15) is 0 Å². The SMILES string of the molecule is Cc1ccc(-c2cccc3ccccc23)cc1Cl. The molecule has 0 amide bonds. The first-order valence-electron chi connectivity index (χ1n) is 6.00. The highest BCUT2D eigenvalue weighted by molar-refractivity contribution is 6.31. The minimum atomic E-state index is 0.820. The molecular weight excluding hydrogens is 240 g/mol. The van der Waals surface area contributed by atoms with Gasteiger partial charge in [0.1, 0.15) is 0 Å². The van der Waals surface area contributed by atoms with E-state index in [-0.39, 0.29) is 0 Å². The summed E-state index contributed by atoms with van der Waals surface area (Å²) in [5.41, 5.74) is 3.51. The van der Waals surface area contributed by atoms with E-state index >= 15 is 0 Å². The van der Waals surface area contributed by atoms with Gasteiger partial charge in [-0.3, -0.25) is 0 Å². The summed E-state index contributed by atoms with van der Waals surface area (Å²) < 4.78 is 0. The zero-order chi connectivity index (χ0) is 12.5. The highest BCUT2D eigenvalue weighted by atomic mass is 35.5. The summed E-state index contributed by atoms with van der Waals surface area (Å²) in [6.07, 6.45) is 0. The predicted octanol–water partition coefficient (Wildman–Crippen LogP) is 5.47. The number of fused-ring (bicyclic) bond motifs is 1. The normalized spacial score (nSPS) is 10.8. The largest absolute Gasteiger partial charge is 0.0840 e. The minimum absolute atomic E-state index is 0.820. The van der Waals surface area contributed by atoms with Gasteiger partial charge in [0.15, 0.2) is 0 Å². The lowest BCUT2D eigenvalue weighted by Gasteiger charge is -2.08. The van der Waals surface area contributed by atoms with Crippen LogP contribution >= 0.6 is 11.6 Å². The summed E-state index contributed by atoms with van der Waals surface area (Å²) in [4.78, 5) is 0. The molecule has 18 heavy (non-hydrogen) atoms. The molecule has 0 N–H and O–H groups in total. The highest BCUT2D eigenvalue weighted by Crippen LogP contribution is 2.31. The molecule has 0 radical (unpaired) electrons. The molecule has 1 heteroatoms. The van der Waals surface area contributed by atoms with Crippen molar-refractivity contribution in [3.8, 4) is 11.1 Å². The maximum absolute atomic E-state index is 6.21. The van der Waals surface area contributed by atoms with Crippen LogP contribution in [0.3, 0.4) is 0 Å². The van der Waals surface area contributed by atoms with Crippen LogP contribution in [0.15, 0.2) is 60.7 Å². The molecule has 0 fully saturated rings. The summed E-state index contributed by atoms with van der Waals surface area (Å²) in [7, 11) is 0. The fraction of sp³-hybridized carbons (Fsp3) is 0.0588. The Morgan fingerprint density at radius 1 is 0.833 bits per heavy atom. The third-order valence-electron chi connectivity index (χ3n) is 3.27. The molecule has 0 atom stereocenters. The summed E-state index contributed by atoms with van der Waals surface area (Å²) in [6, 6.07) is 21.0. The summed E-state index contributed by atoms with van der Waals surface area (Å²) >= 11 is 6.21. The Bertz CT molecular complexity index is 708. The average Bonchev–Trinajstić information content (AvgIpc) is 2.41. The lowest BCUT2D eigenvalue weighted by Crippen LogP contribution is -1.83. The highest BCUT2D eigenvalue weighted by Gasteiger charge is 2.04. The Labute approximate surface area is 112 Å². The van der Waals surface area contributed by atoms with Crippen molar-refractivity contribution in [1.29, 1.82) is 0 Å². The van der Waals surface area contributed by atoms with E-state index in [0.717, 1.165) is 10.6 Å². The van der Waals surface area contributed by atoms with Crippen molar-refractivity contribution in [3.63, 3.8) is 0 Å². The van der Waals surface area contributed by atoms with Crippen LogP contribution in [0.2, 0.25) is 5.02 Å². The molecule has 0 saturated heterocycles. The topological polar surface area (TPSA) is 0 Å². The Kier molecular flexibility index (Phi) is 2.81. The van der Waals surface area contributed by atoms with Crippen molar-refractivity contribution in [2.75, 3.05) is 0 Å². The van der Waals surface area contributed by atoms with Crippen molar-refractivity contribution in [1.82, 2.24) is 0 Å². The summed E-state index contributed by atoms with van der Waals surface area (Å²) in [6.45, 7) is 2.02. The molecule has 0 aliphatic rings. The fourth-order valence-electron chi connectivity index (χ4n) is 2.24. The Hall–Kier alpha value is -1.79. The smallest absolute Gasteiger partial charge is 0.0441 e. The molecule has 0 aromatic heterocycles. The molecule has 0 heterocycles. The van der Waals surface area contributed by atoms with Crippen molar-refractivity contribution in [3.05, 3.63) is 71.2 Å². The van der Waals surface area contributed by atoms with E-state index in [4.69, 9.17) is 11.6 Å². The molecule has 0 unspecified atom stereocenters. The van der Waals surface area contributed by atoms with Crippen molar-refractivity contribution in [2.24, 2.45) is 0 Å². The van der Waals surface area contributed by atoms with Crippen LogP contribution in [0.25, 0.3) is 21.9 Å². The quantitative estimate of drug-likeness (QED) is 0.539. The Balaban J connectivity index is 2.28. The molecule has 0 bridgehead atoms. The van der Waals surface area contributed by atoms with Crippen LogP contribution in [0, 0.1) is 6.92 Å². The van der Waals surface area contributed by atoms with Gasteiger partial charge in [-0.15, -0.1) is 0 Å². The van der Waals surface area contributed by atoms with Gasteiger partial charge < -0.3 is 0 Å². The zero-order valence-electron chi connectivity index (χ0n) is 10.2. The van der Waals surface area contributed by atoms with Crippen molar-refractivity contribution >= 4 is 22.4 Å². The Morgan fingerprint density at radius 2 is 1.61 bits per heavy atom. The molecular formula is C17H13Cl. The zero-order valence-corrected chi connectivity index (χ0v) is 10.9. The number of hydrogen-bond acceptors (Lipinski definition) is 0.